The van der Waals surface area contributed by atoms with Gasteiger partial charge in [-0.3, -0.25) is 4.79 Å². The number of hydrogen-bond donors (Lipinski definition) is 2. The molecule has 0 saturated carbocycles. The highest BCUT2D eigenvalue weighted by atomic mass is 35.5. The summed E-state index contributed by atoms with van der Waals surface area (Å²) in [6.07, 6.45) is 1.73. The van der Waals surface area contributed by atoms with Crippen molar-refractivity contribution in [2.75, 3.05) is 5.32 Å². The number of anilines is 1. The molecule has 1 amide bonds. The molecule has 2 aromatic carbocycles. The minimum Gasteiger partial charge on any atom is -0.478 e. The van der Waals surface area contributed by atoms with Crippen LogP contribution < -0.4 is 5.32 Å². The molecule has 0 saturated heterocycles. The van der Waals surface area contributed by atoms with Gasteiger partial charge in [-0.25, -0.2) is 4.79 Å². The van der Waals surface area contributed by atoms with Gasteiger partial charge in [-0.1, -0.05) is 29.8 Å². The first-order chi connectivity index (χ1) is 10.0. The molecule has 0 radical (unpaired) electrons. The Labute approximate surface area is 125 Å². The van der Waals surface area contributed by atoms with Crippen molar-refractivity contribution in [1.82, 2.24) is 0 Å². The lowest BCUT2D eigenvalue weighted by molar-refractivity contribution is -0.110. The topological polar surface area (TPSA) is 66.4 Å². The highest BCUT2D eigenvalue weighted by Crippen LogP contribution is 2.34. The van der Waals surface area contributed by atoms with Gasteiger partial charge in [-0.2, -0.15) is 0 Å². The lowest BCUT2D eigenvalue weighted by Gasteiger charge is -2.01. The molecule has 2 N–H and O–H groups in total. The van der Waals surface area contributed by atoms with E-state index < -0.39 is 5.97 Å². The molecule has 0 aromatic heterocycles. The first-order valence-corrected chi connectivity index (χ1v) is 6.59. The summed E-state index contributed by atoms with van der Waals surface area (Å²) in [5.74, 6) is -1.29. The Hall–Kier alpha value is -2.59. The number of carboxylic acids is 1. The highest BCUT2D eigenvalue weighted by molar-refractivity contribution is 6.35. The molecular formula is C16H10ClNO3. The van der Waals surface area contributed by atoms with E-state index in [0.717, 1.165) is 5.56 Å². The van der Waals surface area contributed by atoms with Gasteiger partial charge in [0.15, 0.2) is 0 Å². The Morgan fingerprint density at radius 3 is 2.71 bits per heavy atom. The van der Waals surface area contributed by atoms with Crippen molar-refractivity contribution in [3.63, 3.8) is 0 Å². The molecule has 0 bridgehead atoms. The SMILES string of the molecule is O=C1Nc2cc(C(=O)O)ccc2C1=Cc1cccc(Cl)c1. The summed E-state index contributed by atoms with van der Waals surface area (Å²) in [5.41, 5.74) is 2.63. The normalized spacial score (nSPS) is 14.9. The van der Waals surface area contributed by atoms with Gasteiger partial charge in [-0.05, 0) is 35.9 Å². The second-order valence-electron chi connectivity index (χ2n) is 4.63. The van der Waals surface area contributed by atoms with Crippen LogP contribution in [0.1, 0.15) is 21.5 Å². The molecule has 3 rings (SSSR count). The highest BCUT2D eigenvalue weighted by Gasteiger charge is 2.24. The van der Waals surface area contributed by atoms with E-state index in [-0.39, 0.29) is 11.5 Å². The number of carbonyl (C=O) groups is 2. The Balaban J connectivity index is 2.07. The summed E-state index contributed by atoms with van der Waals surface area (Å²) in [6, 6.07) is 11.7. The van der Waals surface area contributed by atoms with Gasteiger partial charge in [0.05, 0.1) is 5.56 Å². The zero-order valence-electron chi connectivity index (χ0n) is 10.8. The zero-order valence-corrected chi connectivity index (χ0v) is 11.5. The molecule has 2 aromatic rings. The molecule has 1 aliphatic heterocycles. The van der Waals surface area contributed by atoms with Gasteiger partial charge in [0, 0.05) is 21.8 Å². The number of fused-ring (bicyclic) bond motifs is 1. The quantitative estimate of drug-likeness (QED) is 0.834. The number of benzene rings is 2. The van der Waals surface area contributed by atoms with Crippen LogP contribution in [0.15, 0.2) is 42.5 Å². The number of amides is 1. The summed E-state index contributed by atoms with van der Waals surface area (Å²) in [4.78, 5) is 23.0. The van der Waals surface area contributed by atoms with Gasteiger partial charge < -0.3 is 10.4 Å². The standard InChI is InChI=1S/C16H10ClNO3/c17-11-3-1-2-9(6-11)7-13-12-5-4-10(16(20)21)8-14(12)18-15(13)19/h1-8H,(H,18,19)(H,20,21). The number of carbonyl (C=O) groups excluding carboxylic acids is 1. The van der Waals surface area contributed by atoms with Crippen molar-refractivity contribution in [1.29, 1.82) is 0 Å². The molecule has 5 heteroatoms. The maximum atomic E-state index is 12.0. The number of aromatic carboxylic acids is 1. The Kier molecular flexibility index (Phi) is 3.23. The largest absolute Gasteiger partial charge is 0.478 e. The molecule has 0 unspecified atom stereocenters. The molecule has 4 nitrogen and oxygen atoms in total. The predicted molar refractivity (Wildman–Crippen MR) is 81.4 cm³/mol. The van der Waals surface area contributed by atoms with E-state index in [9.17, 15) is 9.59 Å². The molecule has 0 aliphatic carbocycles. The van der Waals surface area contributed by atoms with Gasteiger partial charge in [-0.15, -0.1) is 0 Å². The molecule has 0 fully saturated rings. The minimum atomic E-state index is -1.03. The maximum absolute atomic E-state index is 12.0. The van der Waals surface area contributed by atoms with Crippen molar-refractivity contribution in [2.24, 2.45) is 0 Å². The van der Waals surface area contributed by atoms with E-state index in [0.29, 0.717) is 21.8 Å². The lowest BCUT2D eigenvalue weighted by Crippen LogP contribution is -2.04. The molecule has 1 heterocycles. The van der Waals surface area contributed by atoms with Gasteiger partial charge in [0.1, 0.15) is 0 Å². The van der Waals surface area contributed by atoms with Crippen LogP contribution in [-0.2, 0) is 4.79 Å². The van der Waals surface area contributed by atoms with Crippen LogP contribution in [0.5, 0.6) is 0 Å². The number of hydrogen-bond acceptors (Lipinski definition) is 2. The van der Waals surface area contributed by atoms with E-state index in [4.69, 9.17) is 16.7 Å². The summed E-state index contributed by atoms with van der Waals surface area (Å²) < 4.78 is 0. The Morgan fingerprint density at radius 2 is 2.00 bits per heavy atom. The van der Waals surface area contributed by atoms with Crippen molar-refractivity contribution in [2.45, 2.75) is 0 Å². The average molecular weight is 300 g/mol. The van der Waals surface area contributed by atoms with Crippen molar-refractivity contribution < 1.29 is 14.7 Å². The van der Waals surface area contributed by atoms with E-state index in [1.165, 1.54) is 12.1 Å². The van der Waals surface area contributed by atoms with Crippen LogP contribution in [0.25, 0.3) is 11.6 Å². The third-order valence-corrected chi connectivity index (χ3v) is 3.44. The fraction of sp³-hybridized carbons (Fsp3) is 0. The van der Waals surface area contributed by atoms with E-state index in [2.05, 4.69) is 5.32 Å². The molecule has 104 valence electrons. The fourth-order valence-corrected chi connectivity index (χ4v) is 2.43. The Morgan fingerprint density at radius 1 is 1.19 bits per heavy atom. The second kappa shape index (κ2) is 5.07. The molecule has 1 aliphatic rings. The number of rotatable bonds is 2. The third kappa shape index (κ3) is 2.53. The molecule has 0 spiro atoms. The monoisotopic (exact) mass is 299 g/mol. The van der Waals surface area contributed by atoms with Crippen molar-refractivity contribution in [3.8, 4) is 0 Å². The summed E-state index contributed by atoms with van der Waals surface area (Å²) >= 11 is 5.93. The zero-order chi connectivity index (χ0) is 15.0. The first-order valence-electron chi connectivity index (χ1n) is 6.21. The average Bonchev–Trinajstić information content (AvgIpc) is 2.74. The van der Waals surface area contributed by atoms with Crippen LogP contribution in [0.2, 0.25) is 5.02 Å². The van der Waals surface area contributed by atoms with Crippen molar-refractivity contribution in [3.05, 3.63) is 64.2 Å². The maximum Gasteiger partial charge on any atom is 0.335 e. The number of nitrogens with one attached hydrogen (secondary N) is 1. The first kappa shape index (κ1) is 13.4. The lowest BCUT2D eigenvalue weighted by atomic mass is 10.0. The van der Waals surface area contributed by atoms with E-state index in [1.807, 2.05) is 6.07 Å². The van der Waals surface area contributed by atoms with Crippen LogP contribution in [0.4, 0.5) is 5.69 Å². The number of halogens is 1. The second-order valence-corrected chi connectivity index (χ2v) is 5.07. The van der Waals surface area contributed by atoms with E-state index >= 15 is 0 Å². The molecule has 21 heavy (non-hydrogen) atoms. The van der Waals surface area contributed by atoms with Gasteiger partial charge in [0.25, 0.3) is 5.91 Å². The Bertz CT molecular complexity index is 796. The minimum absolute atomic E-state index is 0.137. The van der Waals surface area contributed by atoms with Gasteiger partial charge in [0.2, 0.25) is 0 Å². The van der Waals surface area contributed by atoms with Gasteiger partial charge >= 0.3 is 5.97 Å². The predicted octanol–water partition coefficient (Wildman–Crippen LogP) is 3.53. The summed E-state index contributed by atoms with van der Waals surface area (Å²) in [6.45, 7) is 0. The van der Waals surface area contributed by atoms with Crippen LogP contribution >= 0.6 is 11.6 Å². The third-order valence-electron chi connectivity index (χ3n) is 3.21. The van der Waals surface area contributed by atoms with Crippen LogP contribution in [0.3, 0.4) is 0 Å². The fourth-order valence-electron chi connectivity index (χ4n) is 2.23. The van der Waals surface area contributed by atoms with Crippen LogP contribution in [0, 0.1) is 0 Å². The van der Waals surface area contributed by atoms with E-state index in [1.54, 1.807) is 30.3 Å². The molecular weight excluding hydrogens is 290 g/mol. The summed E-state index contributed by atoms with van der Waals surface area (Å²) in [5, 5.41) is 12.2. The smallest absolute Gasteiger partial charge is 0.335 e. The molecule has 0 atom stereocenters. The van der Waals surface area contributed by atoms with Crippen LogP contribution in [-0.4, -0.2) is 17.0 Å². The van der Waals surface area contributed by atoms with Crippen molar-refractivity contribution >= 4 is 40.8 Å². The number of carboxylic acid groups (broad SMARTS) is 1. The summed E-state index contributed by atoms with van der Waals surface area (Å²) in [7, 11) is 0.